The molecule has 0 fully saturated rings. The summed E-state index contributed by atoms with van der Waals surface area (Å²) in [4.78, 5) is 6.21. The van der Waals surface area contributed by atoms with E-state index in [2.05, 4.69) is 14.8 Å². The Balaban J connectivity index is 1.89. The van der Waals surface area contributed by atoms with Gasteiger partial charge in [0.25, 0.3) is 0 Å². The highest BCUT2D eigenvalue weighted by Gasteiger charge is 2.14. The number of nitrogens with two attached hydrogens (primary N) is 1. The van der Waals surface area contributed by atoms with Crippen LogP contribution >= 0.6 is 0 Å². The molecule has 1 aromatic carbocycles. The Morgan fingerprint density at radius 1 is 1.20 bits per heavy atom. The first-order valence-corrected chi connectivity index (χ1v) is 9.20. The van der Waals surface area contributed by atoms with Crippen LogP contribution < -0.4 is 10.5 Å². The molecule has 0 saturated carbocycles. The molecule has 0 bridgehead atoms. The lowest BCUT2D eigenvalue weighted by atomic mass is 10.1. The van der Waals surface area contributed by atoms with E-state index in [1.165, 1.54) is 0 Å². The van der Waals surface area contributed by atoms with E-state index in [1.54, 1.807) is 35.0 Å². The van der Waals surface area contributed by atoms with E-state index in [1.807, 2.05) is 31.1 Å². The predicted octanol–water partition coefficient (Wildman–Crippen LogP) is 0.818. The second-order valence-corrected chi connectivity index (χ2v) is 7.69. The molecule has 0 spiro atoms. The number of likely N-dealkylation sites (N-methyl/N-ethyl adjacent to an activating group) is 1. The highest BCUT2D eigenvalue weighted by atomic mass is 32.2. The van der Waals surface area contributed by atoms with Crippen LogP contribution in [0.1, 0.15) is 0 Å². The fourth-order valence-corrected chi connectivity index (χ4v) is 3.47. The number of hydrogen-bond acceptors (Lipinski definition) is 6. The zero-order valence-corrected chi connectivity index (χ0v) is 14.9. The van der Waals surface area contributed by atoms with Gasteiger partial charge in [-0.25, -0.2) is 17.7 Å². The number of nitrogen functional groups attached to an aromatic ring is 1. The van der Waals surface area contributed by atoms with Crippen LogP contribution in [0.2, 0.25) is 0 Å². The summed E-state index contributed by atoms with van der Waals surface area (Å²) in [6, 6.07) is 10.4. The molecular formula is C16H20N6O2S. The molecule has 3 rings (SSSR count). The SMILES string of the molecule is CN(C)CCNS(=O)(=O)c1cccc(-c2ccc3nc(N)nn3c2)c1. The topological polar surface area (TPSA) is 106 Å². The van der Waals surface area contributed by atoms with Crippen molar-refractivity contribution in [2.75, 3.05) is 32.9 Å². The lowest BCUT2D eigenvalue weighted by molar-refractivity contribution is 0.412. The number of nitrogens with one attached hydrogen (secondary N) is 1. The van der Waals surface area contributed by atoms with Gasteiger partial charge in [-0.1, -0.05) is 12.1 Å². The number of aromatic nitrogens is 3. The molecule has 0 aliphatic carbocycles. The minimum Gasteiger partial charge on any atom is -0.366 e. The largest absolute Gasteiger partial charge is 0.366 e. The first-order valence-electron chi connectivity index (χ1n) is 7.72. The molecule has 132 valence electrons. The zero-order chi connectivity index (χ0) is 18.0. The van der Waals surface area contributed by atoms with Crippen molar-refractivity contribution in [3.63, 3.8) is 0 Å². The van der Waals surface area contributed by atoms with Crippen molar-refractivity contribution in [3.8, 4) is 11.1 Å². The minimum atomic E-state index is -3.56. The first-order chi connectivity index (χ1) is 11.8. The summed E-state index contributed by atoms with van der Waals surface area (Å²) < 4.78 is 29.1. The Kier molecular flexibility index (Phi) is 4.71. The van der Waals surface area contributed by atoms with Crippen molar-refractivity contribution in [1.82, 2.24) is 24.2 Å². The van der Waals surface area contributed by atoms with Crippen LogP contribution in [0.5, 0.6) is 0 Å². The Bertz CT molecular complexity index is 997. The molecule has 0 radical (unpaired) electrons. The molecule has 0 saturated heterocycles. The van der Waals surface area contributed by atoms with Crippen LogP contribution in [-0.4, -0.2) is 55.1 Å². The highest BCUT2D eigenvalue weighted by Crippen LogP contribution is 2.23. The fraction of sp³-hybridized carbons (Fsp3) is 0.250. The van der Waals surface area contributed by atoms with Crippen molar-refractivity contribution in [3.05, 3.63) is 42.6 Å². The van der Waals surface area contributed by atoms with Crippen LogP contribution in [0, 0.1) is 0 Å². The molecule has 8 nitrogen and oxygen atoms in total. The summed E-state index contributed by atoms with van der Waals surface area (Å²) in [6.45, 7) is 0.979. The summed E-state index contributed by atoms with van der Waals surface area (Å²) in [5.74, 6) is 0.193. The third-order valence-corrected chi connectivity index (χ3v) is 5.13. The number of pyridine rings is 1. The molecule has 3 aromatic rings. The average molecular weight is 360 g/mol. The second kappa shape index (κ2) is 6.79. The number of benzene rings is 1. The molecule has 2 aromatic heterocycles. The van der Waals surface area contributed by atoms with Crippen molar-refractivity contribution in [2.24, 2.45) is 0 Å². The molecule has 3 N–H and O–H groups in total. The molecule has 0 amide bonds. The smallest absolute Gasteiger partial charge is 0.240 e. The molecule has 2 heterocycles. The maximum atomic E-state index is 12.4. The lowest BCUT2D eigenvalue weighted by Crippen LogP contribution is -2.31. The van der Waals surface area contributed by atoms with E-state index in [0.717, 1.165) is 11.1 Å². The second-order valence-electron chi connectivity index (χ2n) is 5.92. The lowest BCUT2D eigenvalue weighted by Gasteiger charge is -2.11. The van der Waals surface area contributed by atoms with Crippen molar-refractivity contribution in [2.45, 2.75) is 4.90 Å². The van der Waals surface area contributed by atoms with Gasteiger partial charge in [0, 0.05) is 24.8 Å². The number of anilines is 1. The maximum Gasteiger partial charge on any atom is 0.240 e. The normalized spacial score (nSPS) is 12.1. The van der Waals surface area contributed by atoms with Gasteiger partial charge >= 0.3 is 0 Å². The van der Waals surface area contributed by atoms with E-state index in [9.17, 15) is 8.42 Å². The molecule has 0 aliphatic rings. The van der Waals surface area contributed by atoms with Gasteiger partial charge in [-0.15, -0.1) is 5.10 Å². The third kappa shape index (κ3) is 3.95. The first kappa shape index (κ1) is 17.3. The molecule has 0 unspecified atom stereocenters. The van der Waals surface area contributed by atoms with Crippen LogP contribution in [0.4, 0.5) is 5.95 Å². The Morgan fingerprint density at radius 2 is 2.00 bits per heavy atom. The summed E-state index contributed by atoms with van der Waals surface area (Å²) >= 11 is 0. The van der Waals surface area contributed by atoms with Gasteiger partial charge in [0.05, 0.1) is 4.90 Å². The van der Waals surface area contributed by atoms with E-state index in [4.69, 9.17) is 5.73 Å². The molecular weight excluding hydrogens is 340 g/mol. The van der Waals surface area contributed by atoms with E-state index in [-0.39, 0.29) is 10.8 Å². The standard InChI is InChI=1S/C16H20N6O2S/c1-21(2)9-8-18-25(23,24)14-5-3-4-12(10-14)13-6-7-15-19-16(17)20-22(15)11-13/h3-7,10-11,18H,8-9H2,1-2H3,(H2,17,20). The maximum absolute atomic E-state index is 12.4. The van der Waals surface area contributed by atoms with Crippen LogP contribution in [0.15, 0.2) is 47.5 Å². The van der Waals surface area contributed by atoms with Gasteiger partial charge in [0.2, 0.25) is 16.0 Å². The number of nitrogens with zero attached hydrogens (tertiary/aromatic N) is 4. The molecule has 9 heteroatoms. The van der Waals surface area contributed by atoms with Crippen molar-refractivity contribution < 1.29 is 8.42 Å². The summed E-state index contributed by atoms with van der Waals surface area (Å²) in [6.07, 6.45) is 1.77. The number of rotatable bonds is 6. The highest BCUT2D eigenvalue weighted by molar-refractivity contribution is 7.89. The average Bonchev–Trinajstić information content (AvgIpc) is 2.93. The molecule has 0 aliphatic heterocycles. The molecule has 0 atom stereocenters. The van der Waals surface area contributed by atoms with Gasteiger partial charge in [-0.3, -0.25) is 0 Å². The van der Waals surface area contributed by atoms with Crippen LogP contribution in [-0.2, 0) is 10.0 Å². The van der Waals surface area contributed by atoms with Gasteiger partial charge in [-0.2, -0.15) is 4.98 Å². The van der Waals surface area contributed by atoms with E-state index >= 15 is 0 Å². The van der Waals surface area contributed by atoms with E-state index < -0.39 is 10.0 Å². The van der Waals surface area contributed by atoms with Gasteiger partial charge < -0.3 is 10.6 Å². The summed E-state index contributed by atoms with van der Waals surface area (Å²) in [7, 11) is 0.225. The van der Waals surface area contributed by atoms with Gasteiger partial charge in [-0.05, 0) is 43.9 Å². The molecule has 25 heavy (non-hydrogen) atoms. The quantitative estimate of drug-likeness (QED) is 0.674. The Labute approximate surface area is 146 Å². The number of sulfonamides is 1. The number of hydrogen-bond donors (Lipinski definition) is 2. The predicted molar refractivity (Wildman–Crippen MR) is 96.6 cm³/mol. The van der Waals surface area contributed by atoms with Crippen LogP contribution in [0.25, 0.3) is 16.8 Å². The van der Waals surface area contributed by atoms with E-state index in [0.29, 0.717) is 18.7 Å². The summed E-state index contributed by atoms with van der Waals surface area (Å²) in [5.41, 5.74) is 7.82. The third-order valence-electron chi connectivity index (χ3n) is 3.68. The minimum absolute atomic E-state index is 0.193. The zero-order valence-electron chi connectivity index (χ0n) is 14.0. The Hall–Kier alpha value is -2.49. The van der Waals surface area contributed by atoms with Gasteiger partial charge in [0.15, 0.2) is 5.65 Å². The van der Waals surface area contributed by atoms with Gasteiger partial charge in [0.1, 0.15) is 0 Å². The van der Waals surface area contributed by atoms with Crippen LogP contribution in [0.3, 0.4) is 0 Å². The fourth-order valence-electron chi connectivity index (χ4n) is 2.40. The van der Waals surface area contributed by atoms with Crippen molar-refractivity contribution >= 4 is 21.6 Å². The summed E-state index contributed by atoms with van der Waals surface area (Å²) in [5, 5.41) is 4.08. The number of fused-ring (bicyclic) bond motifs is 1. The Morgan fingerprint density at radius 3 is 2.76 bits per heavy atom. The van der Waals surface area contributed by atoms with Crippen molar-refractivity contribution in [1.29, 1.82) is 0 Å². The monoisotopic (exact) mass is 360 g/mol.